The van der Waals surface area contributed by atoms with Crippen molar-refractivity contribution in [1.29, 1.82) is 0 Å². The second kappa shape index (κ2) is 7.90. The van der Waals surface area contributed by atoms with Gasteiger partial charge in [0.25, 0.3) is 0 Å². The summed E-state index contributed by atoms with van der Waals surface area (Å²) in [7, 11) is 0. The van der Waals surface area contributed by atoms with Gasteiger partial charge in [-0.15, -0.1) is 0 Å². The molecular weight excluding hydrogens is 244 g/mol. The van der Waals surface area contributed by atoms with E-state index in [9.17, 15) is 4.79 Å². The highest BCUT2D eigenvalue weighted by Crippen LogP contribution is 2.14. The fourth-order valence-electron chi connectivity index (χ4n) is 2.13. The number of carbonyl (C=O) groups excluding carboxylic acids is 1. The number of carbonyl (C=O) groups is 1. The summed E-state index contributed by atoms with van der Waals surface area (Å²) in [6.45, 7) is 0. The Hall–Kier alpha value is -2.41. The fourth-order valence-corrected chi connectivity index (χ4v) is 2.13. The maximum absolute atomic E-state index is 10.4. The van der Waals surface area contributed by atoms with Crippen molar-refractivity contribution < 1.29 is 4.79 Å². The van der Waals surface area contributed by atoms with Gasteiger partial charge in [0.15, 0.2) is 0 Å². The summed E-state index contributed by atoms with van der Waals surface area (Å²) in [5, 5.41) is 0. The maximum Gasteiger partial charge on any atom is 0.142 e. The van der Waals surface area contributed by atoms with Crippen molar-refractivity contribution in [2.75, 3.05) is 0 Å². The molecule has 0 aromatic heterocycles. The summed E-state index contributed by atoms with van der Waals surface area (Å²) in [6.07, 6.45) is 7.98. The molecule has 2 rings (SSSR count). The molecule has 0 saturated heterocycles. The van der Waals surface area contributed by atoms with Crippen LogP contribution in [0, 0.1) is 0 Å². The Morgan fingerprint density at radius 1 is 0.750 bits per heavy atom. The Morgan fingerprint density at radius 2 is 1.25 bits per heavy atom. The summed E-state index contributed by atoms with van der Waals surface area (Å²) in [4.78, 5) is 10.4. The van der Waals surface area contributed by atoms with Crippen LogP contribution in [-0.4, -0.2) is 6.29 Å². The van der Waals surface area contributed by atoms with Crippen LogP contribution >= 0.6 is 0 Å². The molecule has 0 aliphatic carbocycles. The van der Waals surface area contributed by atoms with Crippen LogP contribution in [0.25, 0.3) is 0 Å². The molecule has 0 bridgehead atoms. The lowest BCUT2D eigenvalue weighted by atomic mass is 9.98. The van der Waals surface area contributed by atoms with Gasteiger partial charge in [0.05, 0.1) is 0 Å². The molecule has 0 aliphatic heterocycles. The van der Waals surface area contributed by atoms with E-state index in [-0.39, 0.29) is 0 Å². The molecule has 20 heavy (non-hydrogen) atoms. The number of hydrogen-bond donors (Lipinski definition) is 0. The summed E-state index contributed by atoms with van der Waals surface area (Å²) >= 11 is 0. The topological polar surface area (TPSA) is 17.1 Å². The van der Waals surface area contributed by atoms with Crippen LogP contribution in [0.15, 0.2) is 84.5 Å². The van der Waals surface area contributed by atoms with Crippen molar-refractivity contribution >= 4 is 6.29 Å². The molecule has 0 fully saturated rings. The molecule has 1 nitrogen and oxygen atoms in total. The number of allylic oxidation sites excluding steroid dienone is 4. The minimum Gasteiger partial charge on any atom is -0.299 e. The minimum atomic E-state index is 0.805. The van der Waals surface area contributed by atoms with E-state index in [1.165, 1.54) is 22.8 Å². The molecule has 1 heteroatoms. The number of aldehydes is 1. The molecule has 0 heterocycles. The zero-order valence-electron chi connectivity index (χ0n) is 11.4. The van der Waals surface area contributed by atoms with Crippen molar-refractivity contribution in [3.8, 4) is 0 Å². The summed E-state index contributed by atoms with van der Waals surface area (Å²) < 4.78 is 0. The number of hydrogen-bond acceptors (Lipinski definition) is 1. The Kier molecular flexibility index (Phi) is 5.53. The zero-order chi connectivity index (χ0) is 14.0. The largest absolute Gasteiger partial charge is 0.299 e. The van der Waals surface area contributed by atoms with Gasteiger partial charge in [-0.05, 0) is 30.0 Å². The van der Waals surface area contributed by atoms with Crippen molar-refractivity contribution in [1.82, 2.24) is 0 Å². The molecular formula is C19H18O. The van der Waals surface area contributed by atoms with Crippen LogP contribution in [0.4, 0.5) is 0 Å². The van der Waals surface area contributed by atoms with Crippen molar-refractivity contribution in [3.63, 3.8) is 0 Å². The molecule has 0 saturated carbocycles. The van der Waals surface area contributed by atoms with Gasteiger partial charge < -0.3 is 0 Å². The third-order valence-electron chi connectivity index (χ3n) is 3.07. The first-order chi connectivity index (χ1) is 9.88. The van der Waals surface area contributed by atoms with Crippen LogP contribution < -0.4 is 0 Å². The summed E-state index contributed by atoms with van der Waals surface area (Å²) in [5.74, 6) is 0. The molecule has 0 N–H and O–H groups in total. The first kappa shape index (κ1) is 14.0. The molecule has 2 aromatic carbocycles. The van der Waals surface area contributed by atoms with Gasteiger partial charge >= 0.3 is 0 Å². The smallest absolute Gasteiger partial charge is 0.142 e. The Morgan fingerprint density at radius 3 is 1.70 bits per heavy atom. The molecule has 0 radical (unpaired) electrons. The Balaban J connectivity index is 2.14. The van der Waals surface area contributed by atoms with Gasteiger partial charge in [-0.2, -0.15) is 0 Å². The van der Waals surface area contributed by atoms with E-state index in [0.29, 0.717) is 0 Å². The van der Waals surface area contributed by atoms with E-state index >= 15 is 0 Å². The lowest BCUT2D eigenvalue weighted by molar-refractivity contribution is -0.104. The molecule has 100 valence electrons. The predicted octanol–water partition coefficient (Wildman–Crippen LogP) is 4.15. The highest BCUT2D eigenvalue weighted by atomic mass is 16.1. The molecule has 0 aliphatic rings. The van der Waals surface area contributed by atoms with Gasteiger partial charge in [0, 0.05) is 0 Å². The van der Waals surface area contributed by atoms with Gasteiger partial charge in [0.2, 0.25) is 0 Å². The molecule has 2 aromatic rings. The van der Waals surface area contributed by atoms with Gasteiger partial charge in [-0.1, -0.05) is 78.4 Å². The van der Waals surface area contributed by atoms with E-state index in [4.69, 9.17) is 0 Å². The average molecular weight is 262 g/mol. The minimum absolute atomic E-state index is 0.805. The van der Waals surface area contributed by atoms with Crippen molar-refractivity contribution in [3.05, 3.63) is 95.6 Å². The summed E-state index contributed by atoms with van der Waals surface area (Å²) in [5.41, 5.74) is 3.86. The third kappa shape index (κ3) is 4.69. The summed E-state index contributed by atoms with van der Waals surface area (Å²) in [6, 6.07) is 20.8. The van der Waals surface area contributed by atoms with Gasteiger partial charge in [-0.25, -0.2) is 0 Å². The highest BCUT2D eigenvalue weighted by Gasteiger charge is 2.01. The Labute approximate surface area is 120 Å². The van der Waals surface area contributed by atoms with Crippen molar-refractivity contribution in [2.24, 2.45) is 0 Å². The normalized spacial score (nSPS) is 10.4. The fraction of sp³-hybridized carbons (Fsp3) is 0.105. The van der Waals surface area contributed by atoms with Crippen LogP contribution in [-0.2, 0) is 17.6 Å². The van der Waals surface area contributed by atoms with E-state index in [1.807, 2.05) is 24.3 Å². The van der Waals surface area contributed by atoms with Crippen LogP contribution in [0.2, 0.25) is 0 Å². The quantitative estimate of drug-likeness (QED) is 0.434. The molecule has 0 spiro atoms. The van der Waals surface area contributed by atoms with Crippen LogP contribution in [0.1, 0.15) is 11.1 Å². The first-order valence-electron chi connectivity index (χ1n) is 6.76. The molecule has 0 atom stereocenters. The number of benzene rings is 2. The second-order valence-electron chi connectivity index (χ2n) is 4.67. The second-order valence-corrected chi connectivity index (χ2v) is 4.67. The average Bonchev–Trinajstić information content (AvgIpc) is 2.49. The third-order valence-corrected chi connectivity index (χ3v) is 3.07. The molecule has 0 amide bonds. The van der Waals surface area contributed by atoms with Crippen molar-refractivity contribution in [2.45, 2.75) is 12.8 Å². The first-order valence-corrected chi connectivity index (χ1v) is 6.76. The molecule has 0 unspecified atom stereocenters. The Bertz CT molecular complexity index is 536. The lowest BCUT2D eigenvalue weighted by Crippen LogP contribution is -1.95. The van der Waals surface area contributed by atoms with Gasteiger partial charge in [0.1, 0.15) is 6.29 Å². The van der Waals surface area contributed by atoms with E-state index in [1.54, 1.807) is 0 Å². The van der Waals surface area contributed by atoms with Crippen LogP contribution in [0.5, 0.6) is 0 Å². The van der Waals surface area contributed by atoms with Gasteiger partial charge in [-0.3, -0.25) is 4.79 Å². The van der Waals surface area contributed by atoms with Crippen LogP contribution in [0.3, 0.4) is 0 Å². The van der Waals surface area contributed by atoms with E-state index in [0.717, 1.165) is 19.1 Å². The zero-order valence-corrected chi connectivity index (χ0v) is 11.4. The standard InChI is InChI=1S/C19H18O/c20-14-8-7-13-19(15-17-9-3-1-4-10-17)16-18-11-5-2-6-12-18/h1-14H,15-16H2/b8-7-. The van der Waals surface area contributed by atoms with E-state index in [2.05, 4.69) is 48.5 Å². The highest BCUT2D eigenvalue weighted by molar-refractivity contribution is 5.65. The van der Waals surface area contributed by atoms with E-state index < -0.39 is 0 Å². The number of rotatable bonds is 6. The monoisotopic (exact) mass is 262 g/mol. The SMILES string of the molecule is O=C/C=C\C=C(Cc1ccccc1)Cc1ccccc1. The lowest BCUT2D eigenvalue weighted by Gasteiger charge is -2.07. The predicted molar refractivity (Wildman–Crippen MR) is 83.6 cm³/mol. The maximum atomic E-state index is 10.4.